The Morgan fingerprint density at radius 1 is 1.04 bits per heavy atom. The molecule has 0 aliphatic heterocycles. The second-order valence-electron chi connectivity index (χ2n) is 5.30. The van der Waals surface area contributed by atoms with Gasteiger partial charge in [-0.1, -0.05) is 11.6 Å². The first-order valence-electron chi connectivity index (χ1n) is 7.84. The first-order valence-corrected chi connectivity index (χ1v) is 8.22. The Labute approximate surface area is 152 Å². The van der Waals surface area contributed by atoms with Crippen molar-refractivity contribution in [1.29, 1.82) is 0 Å². The van der Waals surface area contributed by atoms with E-state index in [0.717, 1.165) is 24.5 Å². The van der Waals surface area contributed by atoms with Crippen LogP contribution >= 0.6 is 11.6 Å². The van der Waals surface area contributed by atoms with E-state index in [1.807, 2.05) is 13.0 Å². The Bertz CT molecular complexity index is 713. The van der Waals surface area contributed by atoms with Crippen LogP contribution in [0.2, 0.25) is 5.02 Å². The number of hydrogen-bond donors (Lipinski definition) is 2. The SMILES string of the molecule is COCCCNc1cc(C)nc(Nc2cc(OC)c(Cl)cc2OC)n1. The molecule has 0 unspecified atom stereocenters. The minimum absolute atomic E-state index is 0.455. The molecule has 2 aromatic rings. The lowest BCUT2D eigenvalue weighted by Crippen LogP contribution is -2.08. The number of ether oxygens (including phenoxy) is 3. The fourth-order valence-electron chi connectivity index (χ4n) is 2.23. The molecule has 8 heteroatoms. The van der Waals surface area contributed by atoms with E-state index in [-0.39, 0.29) is 0 Å². The summed E-state index contributed by atoms with van der Waals surface area (Å²) in [6.07, 6.45) is 0.893. The van der Waals surface area contributed by atoms with Crippen molar-refractivity contribution in [3.8, 4) is 11.5 Å². The number of aryl methyl sites for hydroxylation is 1. The summed E-state index contributed by atoms with van der Waals surface area (Å²) in [5.74, 6) is 2.31. The molecule has 0 fully saturated rings. The van der Waals surface area contributed by atoms with Gasteiger partial charge in [0.1, 0.15) is 17.3 Å². The Morgan fingerprint density at radius 2 is 1.80 bits per heavy atom. The zero-order chi connectivity index (χ0) is 18.2. The van der Waals surface area contributed by atoms with E-state index in [4.69, 9.17) is 25.8 Å². The molecule has 7 nitrogen and oxygen atoms in total. The number of halogens is 1. The quantitative estimate of drug-likeness (QED) is 0.656. The van der Waals surface area contributed by atoms with Crippen molar-refractivity contribution in [2.45, 2.75) is 13.3 Å². The molecule has 136 valence electrons. The second-order valence-corrected chi connectivity index (χ2v) is 5.71. The molecule has 2 N–H and O–H groups in total. The predicted molar refractivity (Wildman–Crippen MR) is 99.6 cm³/mol. The molecular formula is C17H23ClN4O3. The normalized spacial score (nSPS) is 10.4. The molecule has 0 radical (unpaired) electrons. The van der Waals surface area contributed by atoms with E-state index in [1.54, 1.807) is 33.5 Å². The first-order chi connectivity index (χ1) is 12.1. The summed E-state index contributed by atoms with van der Waals surface area (Å²) >= 11 is 6.13. The molecule has 0 aliphatic carbocycles. The maximum absolute atomic E-state index is 6.13. The molecule has 25 heavy (non-hydrogen) atoms. The fraction of sp³-hybridized carbons (Fsp3) is 0.412. The van der Waals surface area contributed by atoms with Crippen molar-refractivity contribution in [2.75, 3.05) is 45.1 Å². The van der Waals surface area contributed by atoms with Gasteiger partial charge in [-0.25, -0.2) is 4.98 Å². The maximum atomic E-state index is 6.13. The summed E-state index contributed by atoms with van der Waals surface area (Å²) in [4.78, 5) is 8.89. The van der Waals surface area contributed by atoms with Crippen molar-refractivity contribution < 1.29 is 14.2 Å². The monoisotopic (exact) mass is 366 g/mol. The highest BCUT2D eigenvalue weighted by Crippen LogP contribution is 2.36. The lowest BCUT2D eigenvalue weighted by Gasteiger charge is -2.14. The predicted octanol–water partition coefficient (Wildman–Crippen LogP) is 3.65. The molecule has 0 spiro atoms. The van der Waals surface area contributed by atoms with Crippen LogP contribution in [-0.2, 0) is 4.74 Å². The van der Waals surface area contributed by atoms with E-state index in [2.05, 4.69) is 20.6 Å². The largest absolute Gasteiger partial charge is 0.495 e. The summed E-state index contributed by atoms with van der Waals surface area (Å²) in [6, 6.07) is 5.32. The van der Waals surface area contributed by atoms with Gasteiger partial charge in [-0.2, -0.15) is 4.98 Å². The number of nitrogens with zero attached hydrogens (tertiary/aromatic N) is 2. The molecule has 0 saturated carbocycles. The molecule has 1 aromatic carbocycles. The molecule has 0 amide bonds. The number of rotatable bonds is 9. The van der Waals surface area contributed by atoms with Gasteiger partial charge in [-0.05, 0) is 13.3 Å². The van der Waals surface area contributed by atoms with Gasteiger partial charge in [0.05, 0.1) is 24.9 Å². The topological polar surface area (TPSA) is 77.5 Å². The van der Waals surface area contributed by atoms with Crippen LogP contribution in [0, 0.1) is 6.92 Å². The minimum Gasteiger partial charge on any atom is -0.495 e. The van der Waals surface area contributed by atoms with Gasteiger partial charge in [0.2, 0.25) is 5.95 Å². The Hall–Kier alpha value is -2.25. The van der Waals surface area contributed by atoms with Gasteiger partial charge in [-0.15, -0.1) is 0 Å². The highest BCUT2D eigenvalue weighted by molar-refractivity contribution is 6.32. The second kappa shape index (κ2) is 9.29. The third kappa shape index (κ3) is 5.37. The van der Waals surface area contributed by atoms with E-state index in [0.29, 0.717) is 34.8 Å². The van der Waals surface area contributed by atoms with Gasteiger partial charge in [0.15, 0.2) is 0 Å². The highest BCUT2D eigenvalue weighted by atomic mass is 35.5. The maximum Gasteiger partial charge on any atom is 0.229 e. The number of aromatic nitrogens is 2. The van der Waals surface area contributed by atoms with Crippen LogP contribution in [0.15, 0.2) is 18.2 Å². The average Bonchev–Trinajstić information content (AvgIpc) is 2.59. The highest BCUT2D eigenvalue weighted by Gasteiger charge is 2.12. The summed E-state index contributed by atoms with van der Waals surface area (Å²) in [5.41, 5.74) is 1.51. The lowest BCUT2D eigenvalue weighted by atomic mass is 10.2. The van der Waals surface area contributed by atoms with E-state index >= 15 is 0 Å². The molecule has 0 saturated heterocycles. The van der Waals surface area contributed by atoms with Gasteiger partial charge < -0.3 is 24.8 Å². The van der Waals surface area contributed by atoms with Crippen molar-refractivity contribution in [3.63, 3.8) is 0 Å². The van der Waals surface area contributed by atoms with Gasteiger partial charge in [-0.3, -0.25) is 0 Å². The number of methoxy groups -OCH3 is 3. The molecule has 2 rings (SSSR count). The van der Waals surface area contributed by atoms with Crippen LogP contribution in [0.5, 0.6) is 11.5 Å². The molecular weight excluding hydrogens is 344 g/mol. The van der Waals surface area contributed by atoms with Crippen LogP contribution in [0.4, 0.5) is 17.5 Å². The number of hydrogen-bond acceptors (Lipinski definition) is 7. The minimum atomic E-state index is 0.455. The van der Waals surface area contributed by atoms with Gasteiger partial charge in [0, 0.05) is 44.2 Å². The van der Waals surface area contributed by atoms with E-state index in [1.165, 1.54) is 0 Å². The van der Waals surface area contributed by atoms with Gasteiger partial charge in [0.25, 0.3) is 0 Å². The van der Waals surface area contributed by atoms with Crippen molar-refractivity contribution in [2.24, 2.45) is 0 Å². The number of benzene rings is 1. The molecule has 1 heterocycles. The number of anilines is 3. The molecule has 0 aliphatic rings. The van der Waals surface area contributed by atoms with Crippen molar-refractivity contribution in [1.82, 2.24) is 9.97 Å². The van der Waals surface area contributed by atoms with Gasteiger partial charge >= 0.3 is 0 Å². The first kappa shape index (κ1) is 19.1. The third-order valence-corrected chi connectivity index (χ3v) is 3.70. The van der Waals surface area contributed by atoms with Crippen LogP contribution in [0.1, 0.15) is 12.1 Å². The van der Waals surface area contributed by atoms with E-state index < -0.39 is 0 Å². The molecule has 0 atom stereocenters. The average molecular weight is 367 g/mol. The zero-order valence-corrected chi connectivity index (χ0v) is 15.6. The lowest BCUT2D eigenvalue weighted by molar-refractivity contribution is 0.198. The summed E-state index contributed by atoms with van der Waals surface area (Å²) in [5, 5.41) is 6.88. The molecule has 1 aromatic heterocycles. The molecule has 0 bridgehead atoms. The smallest absolute Gasteiger partial charge is 0.229 e. The van der Waals surface area contributed by atoms with Crippen LogP contribution in [0.25, 0.3) is 0 Å². The summed E-state index contributed by atoms with van der Waals surface area (Å²) < 4.78 is 15.7. The van der Waals surface area contributed by atoms with Crippen LogP contribution < -0.4 is 20.1 Å². The van der Waals surface area contributed by atoms with E-state index in [9.17, 15) is 0 Å². The van der Waals surface area contributed by atoms with Crippen molar-refractivity contribution in [3.05, 3.63) is 28.9 Å². The standard InChI is InChI=1S/C17H23ClN4O3/c1-11-8-16(19-6-5-7-23-2)22-17(20-11)21-13-10-14(24-3)12(18)9-15(13)25-4/h8-10H,5-7H2,1-4H3,(H2,19,20,21,22). The Kier molecular flexibility index (Phi) is 7.09. The summed E-state index contributed by atoms with van der Waals surface area (Å²) in [6.45, 7) is 3.37. The summed E-state index contributed by atoms with van der Waals surface area (Å²) in [7, 11) is 4.82. The third-order valence-electron chi connectivity index (χ3n) is 3.41. The Morgan fingerprint density at radius 3 is 2.48 bits per heavy atom. The Balaban J connectivity index is 2.20. The van der Waals surface area contributed by atoms with Crippen LogP contribution in [-0.4, -0.2) is 44.4 Å². The zero-order valence-electron chi connectivity index (χ0n) is 14.9. The van der Waals surface area contributed by atoms with Crippen molar-refractivity contribution >= 4 is 29.1 Å². The number of nitrogens with one attached hydrogen (secondary N) is 2. The fourth-order valence-corrected chi connectivity index (χ4v) is 2.46. The van der Waals surface area contributed by atoms with Crippen LogP contribution in [0.3, 0.4) is 0 Å².